The number of hydrogen-bond donors (Lipinski definition) is 1. The van der Waals surface area contributed by atoms with Crippen molar-refractivity contribution in [3.63, 3.8) is 0 Å². The zero-order valence-corrected chi connectivity index (χ0v) is 17.1. The molecule has 2 fully saturated rings. The van der Waals surface area contributed by atoms with E-state index >= 15 is 0 Å². The van der Waals surface area contributed by atoms with E-state index in [9.17, 15) is 9.90 Å². The number of aliphatic hydroxyl groups excluding tert-OH is 1. The Morgan fingerprint density at radius 3 is 2.15 bits per heavy atom. The molecule has 1 N–H and O–H groups in total. The Morgan fingerprint density at radius 2 is 1.65 bits per heavy atom. The maximum absolute atomic E-state index is 13.2. The monoisotopic (exact) mass is 357 g/mol. The summed E-state index contributed by atoms with van der Waals surface area (Å²) in [6, 6.07) is 8.52. The van der Waals surface area contributed by atoms with Crippen molar-refractivity contribution in [2.75, 3.05) is 11.4 Å². The molecule has 1 aromatic carbocycles. The van der Waals surface area contributed by atoms with E-state index in [0.29, 0.717) is 17.7 Å². The number of carbonyl (C=O) groups excluding carboxylic acids is 1. The van der Waals surface area contributed by atoms with Gasteiger partial charge in [-0.05, 0) is 67.1 Å². The highest BCUT2D eigenvalue weighted by atomic mass is 16.3. The maximum Gasteiger partial charge on any atom is 0.233 e. The lowest BCUT2D eigenvalue weighted by Crippen LogP contribution is -2.40. The van der Waals surface area contributed by atoms with Crippen molar-refractivity contribution in [3.05, 3.63) is 29.8 Å². The van der Waals surface area contributed by atoms with Crippen molar-refractivity contribution in [2.24, 2.45) is 17.3 Å². The number of hydrogen-bond acceptors (Lipinski definition) is 2. The van der Waals surface area contributed by atoms with E-state index in [4.69, 9.17) is 0 Å². The standard InChI is InChI=1S/C23H35NO2/c1-16(2)20(25)17-10-12-23(13-11-17)14-15-24(21(23)26)19-8-6-18(7-9-19)22(3,4)5/h6-9,16-17,20,25H,10-15H2,1-5H3/t17-,20?,23-. The second-order valence-electron chi connectivity index (χ2n) is 9.86. The molecule has 0 radical (unpaired) electrons. The Morgan fingerprint density at radius 1 is 1.08 bits per heavy atom. The summed E-state index contributed by atoms with van der Waals surface area (Å²) < 4.78 is 0. The van der Waals surface area contributed by atoms with E-state index in [1.807, 2.05) is 4.90 Å². The van der Waals surface area contributed by atoms with Gasteiger partial charge in [0.25, 0.3) is 0 Å². The first-order valence-corrected chi connectivity index (χ1v) is 10.2. The number of benzene rings is 1. The number of nitrogens with zero attached hydrogens (tertiary/aromatic N) is 1. The molecule has 1 unspecified atom stereocenters. The summed E-state index contributed by atoms with van der Waals surface area (Å²) in [5.41, 5.74) is 2.27. The van der Waals surface area contributed by atoms with Gasteiger partial charge in [0, 0.05) is 12.2 Å². The van der Waals surface area contributed by atoms with Crippen LogP contribution in [0.1, 0.15) is 72.3 Å². The van der Waals surface area contributed by atoms with E-state index in [2.05, 4.69) is 58.9 Å². The molecule has 1 aliphatic carbocycles. The van der Waals surface area contributed by atoms with Crippen LogP contribution < -0.4 is 4.90 Å². The lowest BCUT2D eigenvalue weighted by Gasteiger charge is -2.38. The SMILES string of the molecule is CC(C)C(O)[C@H]1CC[C@@]2(CCN(c3ccc(C(C)(C)C)cc3)C2=O)CC1. The summed E-state index contributed by atoms with van der Waals surface area (Å²) in [5.74, 6) is 0.957. The lowest BCUT2D eigenvalue weighted by atomic mass is 9.67. The summed E-state index contributed by atoms with van der Waals surface area (Å²) in [4.78, 5) is 15.2. The normalized spacial score (nSPS) is 28.2. The predicted octanol–water partition coefficient (Wildman–Crippen LogP) is 4.91. The minimum Gasteiger partial charge on any atom is -0.393 e. The second kappa shape index (κ2) is 6.99. The Bertz CT molecular complexity index is 633. The van der Waals surface area contributed by atoms with Crippen LogP contribution in [0.5, 0.6) is 0 Å². The number of carbonyl (C=O) groups is 1. The zero-order chi connectivity index (χ0) is 19.1. The first-order valence-electron chi connectivity index (χ1n) is 10.2. The highest BCUT2D eigenvalue weighted by Gasteiger charge is 2.49. The van der Waals surface area contributed by atoms with Crippen LogP contribution in [0.4, 0.5) is 5.69 Å². The van der Waals surface area contributed by atoms with E-state index in [1.165, 1.54) is 5.56 Å². The molecule has 1 saturated heterocycles. The number of amides is 1. The molecule has 0 bridgehead atoms. The van der Waals surface area contributed by atoms with Gasteiger partial charge in [-0.25, -0.2) is 0 Å². The van der Waals surface area contributed by atoms with Gasteiger partial charge in [0.15, 0.2) is 0 Å². The van der Waals surface area contributed by atoms with E-state index in [0.717, 1.165) is 44.3 Å². The molecule has 1 saturated carbocycles. The van der Waals surface area contributed by atoms with Gasteiger partial charge in [-0.2, -0.15) is 0 Å². The van der Waals surface area contributed by atoms with Gasteiger partial charge < -0.3 is 10.0 Å². The first kappa shape index (κ1) is 19.4. The van der Waals surface area contributed by atoms with Crippen LogP contribution in [-0.4, -0.2) is 23.7 Å². The van der Waals surface area contributed by atoms with Gasteiger partial charge >= 0.3 is 0 Å². The molecule has 1 spiro atoms. The van der Waals surface area contributed by atoms with Crippen molar-refractivity contribution in [1.82, 2.24) is 0 Å². The molecule has 1 aromatic rings. The number of anilines is 1. The summed E-state index contributed by atoms with van der Waals surface area (Å²) >= 11 is 0. The van der Waals surface area contributed by atoms with Crippen LogP contribution in [0.15, 0.2) is 24.3 Å². The van der Waals surface area contributed by atoms with Gasteiger partial charge in [-0.3, -0.25) is 4.79 Å². The first-order chi connectivity index (χ1) is 12.1. The molecular weight excluding hydrogens is 322 g/mol. The molecule has 1 amide bonds. The largest absolute Gasteiger partial charge is 0.393 e. The molecule has 3 rings (SSSR count). The molecule has 1 atom stereocenters. The summed E-state index contributed by atoms with van der Waals surface area (Å²) in [7, 11) is 0. The predicted molar refractivity (Wildman–Crippen MR) is 107 cm³/mol. The topological polar surface area (TPSA) is 40.5 Å². The van der Waals surface area contributed by atoms with Gasteiger partial charge in [-0.15, -0.1) is 0 Å². The van der Waals surface area contributed by atoms with Crippen molar-refractivity contribution >= 4 is 11.6 Å². The van der Waals surface area contributed by atoms with Crippen molar-refractivity contribution < 1.29 is 9.90 Å². The molecule has 3 heteroatoms. The third-order valence-electron chi connectivity index (χ3n) is 6.71. The van der Waals surface area contributed by atoms with Gasteiger partial charge in [-0.1, -0.05) is 46.8 Å². The van der Waals surface area contributed by atoms with Crippen LogP contribution in [0.2, 0.25) is 0 Å². The molecule has 26 heavy (non-hydrogen) atoms. The fourth-order valence-electron chi connectivity index (χ4n) is 4.75. The van der Waals surface area contributed by atoms with E-state index in [-0.39, 0.29) is 16.9 Å². The van der Waals surface area contributed by atoms with Gasteiger partial charge in [0.1, 0.15) is 0 Å². The summed E-state index contributed by atoms with van der Waals surface area (Å²) in [6.07, 6.45) is 4.53. The molecule has 0 aromatic heterocycles. The minimum absolute atomic E-state index is 0.129. The third-order valence-corrected chi connectivity index (χ3v) is 6.71. The Kier molecular flexibility index (Phi) is 5.22. The fourth-order valence-corrected chi connectivity index (χ4v) is 4.75. The van der Waals surface area contributed by atoms with Crippen LogP contribution in [-0.2, 0) is 10.2 Å². The molecule has 2 aliphatic rings. The molecule has 1 heterocycles. The van der Waals surface area contributed by atoms with Crippen molar-refractivity contribution in [2.45, 2.75) is 78.2 Å². The van der Waals surface area contributed by atoms with Crippen LogP contribution in [0, 0.1) is 17.3 Å². The minimum atomic E-state index is -0.232. The Labute approximate surface area is 158 Å². The smallest absolute Gasteiger partial charge is 0.233 e. The Hall–Kier alpha value is -1.35. The van der Waals surface area contributed by atoms with Gasteiger partial charge in [0.2, 0.25) is 5.91 Å². The highest BCUT2D eigenvalue weighted by Crippen LogP contribution is 2.48. The van der Waals surface area contributed by atoms with E-state index in [1.54, 1.807) is 0 Å². The van der Waals surface area contributed by atoms with Crippen LogP contribution in [0.3, 0.4) is 0 Å². The number of aliphatic hydroxyl groups is 1. The van der Waals surface area contributed by atoms with Gasteiger partial charge in [0.05, 0.1) is 11.5 Å². The molecule has 144 valence electrons. The van der Waals surface area contributed by atoms with Crippen molar-refractivity contribution in [3.8, 4) is 0 Å². The summed E-state index contributed by atoms with van der Waals surface area (Å²) in [6.45, 7) is 11.6. The highest BCUT2D eigenvalue weighted by molar-refractivity contribution is 6.00. The quantitative estimate of drug-likeness (QED) is 0.834. The summed E-state index contributed by atoms with van der Waals surface area (Å²) in [5, 5.41) is 10.4. The molecule has 3 nitrogen and oxygen atoms in total. The maximum atomic E-state index is 13.2. The van der Waals surface area contributed by atoms with Crippen LogP contribution >= 0.6 is 0 Å². The average Bonchev–Trinajstić information content (AvgIpc) is 2.91. The average molecular weight is 358 g/mol. The van der Waals surface area contributed by atoms with Crippen LogP contribution in [0.25, 0.3) is 0 Å². The Balaban J connectivity index is 1.69. The van der Waals surface area contributed by atoms with E-state index < -0.39 is 0 Å². The van der Waals surface area contributed by atoms with Crippen molar-refractivity contribution in [1.29, 1.82) is 0 Å². The zero-order valence-electron chi connectivity index (χ0n) is 17.1. The lowest BCUT2D eigenvalue weighted by molar-refractivity contribution is -0.128. The fraction of sp³-hybridized carbons (Fsp3) is 0.696. The second-order valence-corrected chi connectivity index (χ2v) is 9.86. The molecule has 1 aliphatic heterocycles. The third kappa shape index (κ3) is 3.55. The molecular formula is C23H35NO2. The number of rotatable bonds is 3.